The maximum atomic E-state index is 5.89. The van der Waals surface area contributed by atoms with Gasteiger partial charge in [0.25, 0.3) is 0 Å². The maximum absolute atomic E-state index is 5.89. The van der Waals surface area contributed by atoms with Crippen LogP contribution in [-0.2, 0) is 0 Å². The third-order valence-electron chi connectivity index (χ3n) is 1.73. The lowest BCUT2D eigenvalue weighted by Gasteiger charge is -1.99. The Bertz CT molecular complexity index is 493. The first-order chi connectivity index (χ1) is 7.08. The van der Waals surface area contributed by atoms with E-state index in [4.69, 9.17) is 27.7 Å². The molecule has 1 heterocycles. The van der Waals surface area contributed by atoms with E-state index in [9.17, 15) is 0 Å². The molecule has 2 nitrogen and oxygen atoms in total. The van der Waals surface area contributed by atoms with Gasteiger partial charge >= 0.3 is 0 Å². The standard InChI is InChI=1S/C9H3Br2Cl2NO/c10-7-8(14-15-9(7)11)4-1-5(12)3-6(13)2-4/h1-3H. The first kappa shape index (κ1) is 11.5. The minimum absolute atomic E-state index is 0.536. The highest BCUT2D eigenvalue weighted by Gasteiger charge is 2.13. The van der Waals surface area contributed by atoms with Gasteiger partial charge in [0.2, 0.25) is 4.67 Å². The van der Waals surface area contributed by atoms with Gasteiger partial charge in [-0.3, -0.25) is 0 Å². The molecule has 2 aromatic rings. The van der Waals surface area contributed by atoms with E-state index in [0.717, 1.165) is 10.0 Å². The zero-order chi connectivity index (χ0) is 11.0. The molecule has 0 unspecified atom stereocenters. The van der Waals surface area contributed by atoms with E-state index in [-0.39, 0.29) is 0 Å². The fourth-order valence-corrected chi connectivity index (χ4v) is 2.29. The molecule has 0 saturated carbocycles. The summed E-state index contributed by atoms with van der Waals surface area (Å²) < 4.78 is 6.24. The van der Waals surface area contributed by atoms with Gasteiger partial charge in [0.1, 0.15) is 5.69 Å². The van der Waals surface area contributed by atoms with Crippen LogP contribution < -0.4 is 0 Å². The van der Waals surface area contributed by atoms with Gasteiger partial charge in [0, 0.05) is 15.6 Å². The number of rotatable bonds is 1. The van der Waals surface area contributed by atoms with E-state index in [0.29, 0.717) is 20.4 Å². The number of benzene rings is 1. The first-order valence-electron chi connectivity index (χ1n) is 3.85. The summed E-state index contributed by atoms with van der Waals surface area (Å²) >= 11 is 18.3. The van der Waals surface area contributed by atoms with Gasteiger partial charge in [-0.1, -0.05) is 28.4 Å². The van der Waals surface area contributed by atoms with Crippen LogP contribution in [0.5, 0.6) is 0 Å². The quantitative estimate of drug-likeness (QED) is 0.690. The van der Waals surface area contributed by atoms with Gasteiger partial charge in [-0.25, -0.2) is 0 Å². The maximum Gasteiger partial charge on any atom is 0.216 e. The first-order valence-corrected chi connectivity index (χ1v) is 6.19. The minimum atomic E-state index is 0.536. The van der Waals surface area contributed by atoms with Crippen LogP contribution in [0, 0.1) is 0 Å². The third-order valence-corrected chi connectivity index (χ3v) is 3.98. The van der Waals surface area contributed by atoms with Crippen molar-refractivity contribution in [3.63, 3.8) is 0 Å². The summed E-state index contributed by atoms with van der Waals surface area (Å²) in [6.45, 7) is 0. The van der Waals surface area contributed by atoms with Crippen molar-refractivity contribution in [2.45, 2.75) is 0 Å². The Kier molecular flexibility index (Phi) is 3.40. The smallest absolute Gasteiger partial charge is 0.216 e. The average Bonchev–Trinajstić information content (AvgIpc) is 2.46. The van der Waals surface area contributed by atoms with Gasteiger partial charge in [0.15, 0.2) is 0 Å². The average molecular weight is 372 g/mol. The van der Waals surface area contributed by atoms with Crippen LogP contribution in [0.2, 0.25) is 10.0 Å². The Balaban J connectivity index is 2.58. The van der Waals surface area contributed by atoms with Crippen LogP contribution >= 0.6 is 55.1 Å². The lowest BCUT2D eigenvalue weighted by molar-refractivity contribution is 0.401. The van der Waals surface area contributed by atoms with Crippen LogP contribution in [0.15, 0.2) is 31.9 Å². The predicted octanol–water partition coefficient (Wildman–Crippen LogP) is 5.17. The Hall–Kier alpha value is -0.0300. The van der Waals surface area contributed by atoms with Crippen molar-refractivity contribution in [3.8, 4) is 11.3 Å². The van der Waals surface area contributed by atoms with Crippen molar-refractivity contribution >= 4 is 55.1 Å². The van der Waals surface area contributed by atoms with Gasteiger partial charge in [0.05, 0.1) is 4.47 Å². The topological polar surface area (TPSA) is 26.0 Å². The molecule has 2 rings (SSSR count). The van der Waals surface area contributed by atoms with E-state index < -0.39 is 0 Å². The SMILES string of the molecule is Clc1cc(Cl)cc(-c2noc(Br)c2Br)c1. The van der Waals surface area contributed by atoms with Crippen LogP contribution in [0.4, 0.5) is 0 Å². The highest BCUT2D eigenvalue weighted by atomic mass is 79.9. The molecule has 0 fully saturated rings. The number of nitrogens with zero attached hydrogens (tertiary/aromatic N) is 1. The monoisotopic (exact) mass is 369 g/mol. The second-order valence-electron chi connectivity index (χ2n) is 2.78. The molecule has 15 heavy (non-hydrogen) atoms. The molecule has 1 aromatic carbocycles. The van der Waals surface area contributed by atoms with E-state index in [1.165, 1.54) is 0 Å². The summed E-state index contributed by atoms with van der Waals surface area (Å²) in [4.78, 5) is 0. The molecule has 0 aliphatic heterocycles. The summed E-state index contributed by atoms with van der Waals surface area (Å²) in [7, 11) is 0. The predicted molar refractivity (Wildman–Crippen MR) is 67.4 cm³/mol. The van der Waals surface area contributed by atoms with Gasteiger partial charge < -0.3 is 4.52 Å². The van der Waals surface area contributed by atoms with E-state index in [1.807, 2.05) is 0 Å². The number of hydrogen-bond acceptors (Lipinski definition) is 2. The van der Waals surface area contributed by atoms with Crippen LogP contribution in [0.25, 0.3) is 11.3 Å². The molecule has 0 spiro atoms. The molecule has 0 atom stereocenters. The fourth-order valence-electron chi connectivity index (χ4n) is 1.13. The molecular formula is C9H3Br2Cl2NO. The van der Waals surface area contributed by atoms with Gasteiger partial charge in [-0.2, -0.15) is 0 Å². The Morgan fingerprint density at radius 2 is 1.67 bits per heavy atom. The lowest BCUT2D eigenvalue weighted by Crippen LogP contribution is -1.79. The molecule has 6 heteroatoms. The molecule has 0 aliphatic rings. The molecule has 1 aromatic heterocycles. The van der Waals surface area contributed by atoms with E-state index >= 15 is 0 Å². The van der Waals surface area contributed by atoms with Crippen molar-refractivity contribution in [3.05, 3.63) is 37.4 Å². The molecule has 0 bridgehead atoms. The Labute approximate surface area is 113 Å². The van der Waals surface area contributed by atoms with Gasteiger partial charge in [-0.15, -0.1) is 0 Å². The normalized spacial score (nSPS) is 10.7. The number of hydrogen-bond donors (Lipinski definition) is 0. The fraction of sp³-hybridized carbons (Fsp3) is 0. The van der Waals surface area contributed by atoms with Crippen molar-refractivity contribution in [2.75, 3.05) is 0 Å². The number of aromatic nitrogens is 1. The summed E-state index contributed by atoms with van der Waals surface area (Å²) in [6.07, 6.45) is 0. The van der Waals surface area contributed by atoms with Crippen molar-refractivity contribution in [1.29, 1.82) is 0 Å². The van der Waals surface area contributed by atoms with Crippen LogP contribution in [0.1, 0.15) is 0 Å². The minimum Gasteiger partial charge on any atom is -0.347 e. The highest BCUT2D eigenvalue weighted by Crippen LogP contribution is 2.35. The lowest BCUT2D eigenvalue weighted by atomic mass is 10.1. The van der Waals surface area contributed by atoms with Crippen molar-refractivity contribution < 1.29 is 4.52 Å². The summed E-state index contributed by atoms with van der Waals surface area (Å²) in [6, 6.07) is 5.20. The third kappa shape index (κ3) is 2.38. The van der Waals surface area contributed by atoms with Crippen molar-refractivity contribution in [2.24, 2.45) is 0 Å². The second-order valence-corrected chi connectivity index (χ2v) is 5.16. The summed E-state index contributed by atoms with van der Waals surface area (Å²) in [5.74, 6) is 0. The zero-order valence-electron chi connectivity index (χ0n) is 7.10. The molecular weight excluding hydrogens is 369 g/mol. The molecule has 0 amide bonds. The highest BCUT2D eigenvalue weighted by molar-refractivity contribution is 9.13. The Morgan fingerprint density at radius 1 is 1.07 bits per heavy atom. The molecule has 0 N–H and O–H groups in total. The Morgan fingerprint density at radius 3 is 2.13 bits per heavy atom. The van der Waals surface area contributed by atoms with Crippen molar-refractivity contribution in [1.82, 2.24) is 5.16 Å². The van der Waals surface area contributed by atoms with Crippen LogP contribution in [0.3, 0.4) is 0 Å². The van der Waals surface area contributed by atoms with E-state index in [2.05, 4.69) is 37.0 Å². The number of halogens is 4. The van der Waals surface area contributed by atoms with Crippen LogP contribution in [-0.4, -0.2) is 5.16 Å². The second kappa shape index (κ2) is 4.45. The molecule has 0 saturated heterocycles. The molecule has 78 valence electrons. The van der Waals surface area contributed by atoms with E-state index in [1.54, 1.807) is 18.2 Å². The molecule has 0 aliphatic carbocycles. The largest absolute Gasteiger partial charge is 0.347 e. The zero-order valence-corrected chi connectivity index (χ0v) is 11.8. The van der Waals surface area contributed by atoms with Gasteiger partial charge in [-0.05, 0) is 50.1 Å². The summed E-state index contributed by atoms with van der Waals surface area (Å²) in [5, 5.41) is 5.00. The summed E-state index contributed by atoms with van der Waals surface area (Å²) in [5.41, 5.74) is 1.46. The molecule has 0 radical (unpaired) electrons.